The average molecular weight is 251 g/mol. The van der Waals surface area contributed by atoms with Crippen molar-refractivity contribution in [3.8, 4) is 0 Å². The van der Waals surface area contributed by atoms with Crippen LogP contribution in [0, 0.1) is 17.8 Å². The van der Waals surface area contributed by atoms with Gasteiger partial charge in [-0.1, -0.05) is 32.9 Å². The first-order chi connectivity index (χ1) is 8.66. The van der Waals surface area contributed by atoms with E-state index < -0.39 is 0 Å². The van der Waals surface area contributed by atoms with Gasteiger partial charge in [0.15, 0.2) is 0 Å². The number of hydrogen-bond acceptors (Lipinski definition) is 2. The minimum atomic E-state index is 0.378. The van der Waals surface area contributed by atoms with E-state index >= 15 is 0 Å². The van der Waals surface area contributed by atoms with Crippen molar-refractivity contribution in [2.24, 2.45) is 17.8 Å². The Labute approximate surface area is 112 Å². The van der Waals surface area contributed by atoms with Crippen LogP contribution >= 0.6 is 0 Å². The van der Waals surface area contributed by atoms with Gasteiger partial charge in [0.25, 0.3) is 0 Å². The van der Waals surface area contributed by atoms with Gasteiger partial charge in [0.05, 0.1) is 12.7 Å². The maximum Gasteiger partial charge on any atom is 0.0722 e. The summed E-state index contributed by atoms with van der Waals surface area (Å²) in [6, 6.07) is 0.784. The second-order valence-corrected chi connectivity index (χ2v) is 6.48. The van der Waals surface area contributed by atoms with Gasteiger partial charge < -0.3 is 10.1 Å². The summed E-state index contributed by atoms with van der Waals surface area (Å²) >= 11 is 0. The first kappa shape index (κ1) is 14.1. The zero-order valence-electron chi connectivity index (χ0n) is 12.2. The monoisotopic (exact) mass is 251 g/mol. The standard InChI is InChI=1S/C16H29NO/c1-12(2)16(10-17-15-8-9-15)18-11-14-7-5-4-6-13(14)3/h4-5,12-17H,6-11H2,1-3H3. The molecule has 2 aliphatic carbocycles. The van der Waals surface area contributed by atoms with Gasteiger partial charge >= 0.3 is 0 Å². The highest BCUT2D eigenvalue weighted by Crippen LogP contribution is 2.26. The van der Waals surface area contributed by atoms with Crippen LogP contribution in [0.25, 0.3) is 0 Å². The Kier molecular flexibility index (Phi) is 5.25. The van der Waals surface area contributed by atoms with Crippen molar-refractivity contribution in [3.05, 3.63) is 12.2 Å². The molecule has 1 N–H and O–H groups in total. The Bertz CT molecular complexity index is 270. The fraction of sp³-hybridized carbons (Fsp3) is 0.875. The summed E-state index contributed by atoms with van der Waals surface area (Å²) < 4.78 is 6.20. The summed E-state index contributed by atoms with van der Waals surface area (Å²) in [5, 5.41) is 3.60. The molecule has 18 heavy (non-hydrogen) atoms. The van der Waals surface area contributed by atoms with Gasteiger partial charge in [-0.3, -0.25) is 0 Å². The van der Waals surface area contributed by atoms with Gasteiger partial charge in [0.2, 0.25) is 0 Å². The lowest BCUT2D eigenvalue weighted by atomic mass is 9.85. The Morgan fingerprint density at radius 2 is 1.94 bits per heavy atom. The van der Waals surface area contributed by atoms with Crippen LogP contribution in [-0.2, 0) is 4.74 Å². The lowest BCUT2D eigenvalue weighted by Gasteiger charge is -2.29. The molecule has 0 aromatic carbocycles. The molecule has 0 amide bonds. The molecule has 0 saturated heterocycles. The van der Waals surface area contributed by atoms with Gasteiger partial charge in [-0.25, -0.2) is 0 Å². The van der Waals surface area contributed by atoms with E-state index in [-0.39, 0.29) is 0 Å². The molecule has 0 heterocycles. The van der Waals surface area contributed by atoms with Crippen LogP contribution in [0.3, 0.4) is 0 Å². The van der Waals surface area contributed by atoms with Gasteiger partial charge in [-0.15, -0.1) is 0 Å². The molecule has 0 aromatic rings. The third-order valence-electron chi connectivity index (χ3n) is 4.37. The summed E-state index contributed by atoms with van der Waals surface area (Å²) in [4.78, 5) is 0. The zero-order chi connectivity index (χ0) is 13.0. The molecule has 2 heteroatoms. The predicted molar refractivity (Wildman–Crippen MR) is 76.6 cm³/mol. The normalized spacial score (nSPS) is 29.8. The minimum absolute atomic E-state index is 0.378. The van der Waals surface area contributed by atoms with E-state index in [2.05, 4.69) is 38.2 Å². The molecule has 0 aliphatic heterocycles. The molecule has 0 radical (unpaired) electrons. The van der Waals surface area contributed by atoms with Gasteiger partial charge in [-0.05, 0) is 43.4 Å². The number of hydrogen-bond donors (Lipinski definition) is 1. The quantitative estimate of drug-likeness (QED) is 0.700. The predicted octanol–water partition coefficient (Wildman–Crippen LogP) is 3.38. The Morgan fingerprint density at radius 1 is 1.22 bits per heavy atom. The maximum atomic E-state index is 6.20. The largest absolute Gasteiger partial charge is 0.376 e. The second-order valence-electron chi connectivity index (χ2n) is 6.48. The van der Waals surface area contributed by atoms with E-state index in [1.165, 1.54) is 25.7 Å². The Morgan fingerprint density at radius 3 is 2.56 bits per heavy atom. The molecule has 2 rings (SSSR count). The highest BCUT2D eigenvalue weighted by molar-refractivity contribution is 4.93. The van der Waals surface area contributed by atoms with Crippen molar-refractivity contribution in [1.29, 1.82) is 0 Å². The first-order valence-corrected chi connectivity index (χ1v) is 7.66. The summed E-state index contributed by atoms with van der Waals surface area (Å²) in [7, 11) is 0. The molecule has 0 bridgehead atoms. The number of allylic oxidation sites excluding steroid dienone is 2. The summed E-state index contributed by atoms with van der Waals surface area (Å²) in [6.45, 7) is 8.84. The summed E-state index contributed by atoms with van der Waals surface area (Å²) in [5.41, 5.74) is 0. The molecular weight excluding hydrogens is 222 g/mol. The molecule has 1 saturated carbocycles. The van der Waals surface area contributed by atoms with E-state index in [4.69, 9.17) is 4.74 Å². The van der Waals surface area contributed by atoms with Crippen molar-refractivity contribution in [2.45, 2.75) is 58.6 Å². The van der Waals surface area contributed by atoms with Gasteiger partial charge in [-0.2, -0.15) is 0 Å². The molecule has 0 spiro atoms. The van der Waals surface area contributed by atoms with Crippen molar-refractivity contribution in [3.63, 3.8) is 0 Å². The van der Waals surface area contributed by atoms with Crippen LogP contribution in [0.15, 0.2) is 12.2 Å². The zero-order valence-corrected chi connectivity index (χ0v) is 12.2. The lowest BCUT2D eigenvalue weighted by molar-refractivity contribution is -0.00735. The first-order valence-electron chi connectivity index (χ1n) is 7.66. The third kappa shape index (κ3) is 4.40. The fourth-order valence-electron chi connectivity index (χ4n) is 2.54. The second kappa shape index (κ2) is 6.72. The van der Waals surface area contributed by atoms with Crippen molar-refractivity contribution in [2.75, 3.05) is 13.2 Å². The van der Waals surface area contributed by atoms with E-state index in [1.807, 2.05) is 0 Å². The average Bonchev–Trinajstić information content (AvgIpc) is 3.14. The Balaban J connectivity index is 1.71. The molecule has 2 nitrogen and oxygen atoms in total. The van der Waals surface area contributed by atoms with Crippen LogP contribution in [-0.4, -0.2) is 25.3 Å². The maximum absolute atomic E-state index is 6.20. The summed E-state index contributed by atoms with van der Waals surface area (Å²) in [5.74, 6) is 2.10. The van der Waals surface area contributed by atoms with Crippen molar-refractivity contribution >= 4 is 0 Å². The van der Waals surface area contributed by atoms with Gasteiger partial charge in [0.1, 0.15) is 0 Å². The molecular formula is C16H29NO. The van der Waals surface area contributed by atoms with Crippen molar-refractivity contribution < 1.29 is 4.74 Å². The SMILES string of the molecule is CC(C)C(CNC1CC1)OCC1CC=CCC1C. The molecule has 3 atom stereocenters. The van der Waals surface area contributed by atoms with Crippen LogP contribution in [0.5, 0.6) is 0 Å². The minimum Gasteiger partial charge on any atom is -0.376 e. The number of rotatable bonds is 7. The topological polar surface area (TPSA) is 21.3 Å². The number of ether oxygens (including phenoxy) is 1. The molecule has 1 fully saturated rings. The smallest absolute Gasteiger partial charge is 0.0722 e. The molecule has 2 aliphatic rings. The molecule has 0 aromatic heterocycles. The fourth-order valence-corrected chi connectivity index (χ4v) is 2.54. The van der Waals surface area contributed by atoms with Crippen LogP contribution in [0.2, 0.25) is 0 Å². The Hall–Kier alpha value is -0.340. The molecule has 104 valence electrons. The van der Waals surface area contributed by atoms with E-state index in [0.717, 1.165) is 31.0 Å². The van der Waals surface area contributed by atoms with E-state index in [0.29, 0.717) is 12.0 Å². The van der Waals surface area contributed by atoms with Crippen molar-refractivity contribution in [1.82, 2.24) is 5.32 Å². The summed E-state index contributed by atoms with van der Waals surface area (Å²) in [6.07, 6.45) is 10.1. The highest BCUT2D eigenvalue weighted by atomic mass is 16.5. The van der Waals surface area contributed by atoms with E-state index in [1.54, 1.807) is 0 Å². The highest BCUT2D eigenvalue weighted by Gasteiger charge is 2.25. The number of nitrogens with one attached hydrogen (secondary N) is 1. The third-order valence-corrected chi connectivity index (χ3v) is 4.37. The van der Waals surface area contributed by atoms with Crippen LogP contribution in [0.1, 0.15) is 46.5 Å². The lowest BCUT2D eigenvalue weighted by Crippen LogP contribution is -2.36. The van der Waals surface area contributed by atoms with Gasteiger partial charge in [0, 0.05) is 12.6 Å². The van der Waals surface area contributed by atoms with Crippen LogP contribution in [0.4, 0.5) is 0 Å². The van der Waals surface area contributed by atoms with E-state index in [9.17, 15) is 0 Å². The molecule has 3 unspecified atom stereocenters. The van der Waals surface area contributed by atoms with Crippen LogP contribution < -0.4 is 5.32 Å².